The van der Waals surface area contributed by atoms with E-state index >= 15 is 0 Å². The Morgan fingerprint density at radius 2 is 1.82 bits per heavy atom. The van der Waals surface area contributed by atoms with Crippen LogP contribution in [0.3, 0.4) is 0 Å². The lowest BCUT2D eigenvalue weighted by molar-refractivity contribution is -0.134. The monoisotopic (exact) mass is 477 g/mol. The summed E-state index contributed by atoms with van der Waals surface area (Å²) < 4.78 is 3.22. The van der Waals surface area contributed by atoms with Gasteiger partial charge in [-0.05, 0) is 50.8 Å². The molecule has 1 aliphatic heterocycles. The van der Waals surface area contributed by atoms with Crippen LogP contribution in [0.2, 0.25) is 0 Å². The molecule has 1 saturated carbocycles. The van der Waals surface area contributed by atoms with Gasteiger partial charge in [0, 0.05) is 17.5 Å². The molecular formula is C28H35N3O2S. The number of carbonyl (C=O) groups excluding carboxylic acids is 2. The van der Waals surface area contributed by atoms with Gasteiger partial charge in [-0.2, -0.15) is 0 Å². The zero-order valence-electron chi connectivity index (χ0n) is 20.5. The Kier molecular flexibility index (Phi) is 6.28. The molecule has 2 amide bonds. The first-order chi connectivity index (χ1) is 16.4. The highest BCUT2D eigenvalue weighted by atomic mass is 32.1. The van der Waals surface area contributed by atoms with Crippen molar-refractivity contribution in [1.29, 1.82) is 0 Å². The third-order valence-corrected chi connectivity index (χ3v) is 8.87. The average molecular weight is 478 g/mol. The number of benzene rings is 1. The molecule has 1 fully saturated rings. The van der Waals surface area contributed by atoms with Crippen molar-refractivity contribution in [3.63, 3.8) is 0 Å². The Labute approximate surface area is 206 Å². The number of amides is 2. The molecule has 0 spiro atoms. The summed E-state index contributed by atoms with van der Waals surface area (Å²) in [6.45, 7) is 7.06. The van der Waals surface area contributed by atoms with Crippen LogP contribution in [0.15, 0.2) is 36.4 Å². The lowest BCUT2D eigenvalue weighted by Gasteiger charge is -2.44. The van der Waals surface area contributed by atoms with Crippen molar-refractivity contribution in [1.82, 2.24) is 14.8 Å². The normalized spacial score (nSPS) is 21.5. The summed E-state index contributed by atoms with van der Waals surface area (Å²) in [6, 6.07) is 12.7. The number of carbonyl (C=O) groups is 2. The van der Waals surface area contributed by atoms with E-state index in [4.69, 9.17) is 0 Å². The van der Waals surface area contributed by atoms with Gasteiger partial charge in [0.25, 0.3) is 5.91 Å². The Balaban J connectivity index is 1.52. The fourth-order valence-corrected chi connectivity index (χ4v) is 6.49. The SMILES string of the molecule is CCc1cc2c(cc3n2C[C@@](C)(C(=O)NC2CCCCCC2)N(Cc2ccc(C)cc2)C3=O)s1. The number of rotatable bonds is 5. The highest BCUT2D eigenvalue weighted by molar-refractivity contribution is 7.19. The lowest BCUT2D eigenvalue weighted by atomic mass is 9.93. The number of thiophene rings is 1. The van der Waals surface area contributed by atoms with Gasteiger partial charge in [0.15, 0.2) is 0 Å². The first kappa shape index (κ1) is 23.2. The second-order valence-corrected chi connectivity index (χ2v) is 11.4. The number of hydrogen-bond acceptors (Lipinski definition) is 3. The summed E-state index contributed by atoms with van der Waals surface area (Å²) in [6.07, 6.45) is 7.82. The van der Waals surface area contributed by atoms with Gasteiger partial charge < -0.3 is 14.8 Å². The van der Waals surface area contributed by atoms with E-state index in [0.717, 1.165) is 47.9 Å². The third-order valence-electron chi connectivity index (χ3n) is 7.66. The molecule has 1 N–H and O–H groups in total. The molecule has 3 heterocycles. The maximum atomic E-state index is 13.9. The first-order valence-electron chi connectivity index (χ1n) is 12.7. The highest BCUT2D eigenvalue weighted by Gasteiger charge is 2.48. The minimum absolute atomic E-state index is 0.0293. The van der Waals surface area contributed by atoms with Crippen molar-refractivity contribution in [3.05, 3.63) is 58.1 Å². The van der Waals surface area contributed by atoms with Crippen molar-refractivity contribution in [2.75, 3.05) is 0 Å². The number of hydrogen-bond donors (Lipinski definition) is 1. The van der Waals surface area contributed by atoms with E-state index in [2.05, 4.69) is 54.1 Å². The molecule has 180 valence electrons. The van der Waals surface area contributed by atoms with Gasteiger partial charge in [0.1, 0.15) is 11.2 Å². The molecular weight excluding hydrogens is 442 g/mol. The maximum absolute atomic E-state index is 13.9. The van der Waals surface area contributed by atoms with Crippen LogP contribution < -0.4 is 5.32 Å². The molecule has 34 heavy (non-hydrogen) atoms. The van der Waals surface area contributed by atoms with Crippen molar-refractivity contribution >= 4 is 33.4 Å². The van der Waals surface area contributed by atoms with Crippen LogP contribution in [-0.2, 0) is 24.3 Å². The fraction of sp³-hybridized carbons (Fsp3) is 0.500. The van der Waals surface area contributed by atoms with Crippen LogP contribution in [0.25, 0.3) is 10.2 Å². The van der Waals surface area contributed by atoms with Crippen LogP contribution in [-0.4, -0.2) is 32.9 Å². The third kappa shape index (κ3) is 4.17. The van der Waals surface area contributed by atoms with E-state index in [-0.39, 0.29) is 17.9 Å². The highest BCUT2D eigenvalue weighted by Crippen LogP contribution is 2.37. The summed E-state index contributed by atoms with van der Waals surface area (Å²) in [5.41, 5.74) is 3.04. The summed E-state index contributed by atoms with van der Waals surface area (Å²) in [4.78, 5) is 30.9. The predicted octanol–water partition coefficient (Wildman–Crippen LogP) is 5.83. The molecule has 0 saturated heterocycles. The van der Waals surface area contributed by atoms with Crippen molar-refractivity contribution in [3.8, 4) is 0 Å². The first-order valence-corrected chi connectivity index (χ1v) is 13.5. The summed E-state index contributed by atoms with van der Waals surface area (Å²) >= 11 is 1.75. The van der Waals surface area contributed by atoms with E-state index in [0.29, 0.717) is 18.8 Å². The number of aromatic nitrogens is 1. The van der Waals surface area contributed by atoms with Crippen LogP contribution in [0, 0.1) is 6.92 Å². The van der Waals surface area contributed by atoms with E-state index in [1.54, 1.807) is 11.3 Å². The largest absolute Gasteiger partial charge is 0.351 e. The minimum atomic E-state index is -0.957. The average Bonchev–Trinajstić information content (AvgIpc) is 3.26. The lowest BCUT2D eigenvalue weighted by Crippen LogP contribution is -2.64. The molecule has 5 nitrogen and oxygen atoms in total. The Hall–Kier alpha value is -2.60. The van der Waals surface area contributed by atoms with Crippen molar-refractivity contribution < 1.29 is 9.59 Å². The van der Waals surface area contributed by atoms with Gasteiger partial charge in [0.2, 0.25) is 5.91 Å². The Morgan fingerprint density at radius 1 is 1.12 bits per heavy atom. The number of fused-ring (bicyclic) bond motifs is 3. The van der Waals surface area contributed by atoms with E-state index in [9.17, 15) is 9.59 Å². The van der Waals surface area contributed by atoms with Gasteiger partial charge in [0.05, 0.1) is 16.8 Å². The zero-order chi connectivity index (χ0) is 23.9. The topological polar surface area (TPSA) is 54.3 Å². The molecule has 0 radical (unpaired) electrons. The summed E-state index contributed by atoms with van der Waals surface area (Å²) in [7, 11) is 0. The van der Waals surface area contributed by atoms with Gasteiger partial charge in [-0.1, -0.05) is 62.4 Å². The van der Waals surface area contributed by atoms with Crippen molar-refractivity contribution in [2.24, 2.45) is 0 Å². The molecule has 0 bridgehead atoms. The second kappa shape index (κ2) is 9.21. The molecule has 3 aromatic rings. The zero-order valence-corrected chi connectivity index (χ0v) is 21.3. The Morgan fingerprint density at radius 3 is 2.50 bits per heavy atom. The number of aryl methyl sites for hydroxylation is 2. The van der Waals surface area contributed by atoms with Crippen LogP contribution in [0.1, 0.15) is 78.9 Å². The van der Waals surface area contributed by atoms with Gasteiger partial charge >= 0.3 is 0 Å². The summed E-state index contributed by atoms with van der Waals surface area (Å²) in [5, 5.41) is 3.36. The number of nitrogens with zero attached hydrogens (tertiary/aromatic N) is 2. The van der Waals surface area contributed by atoms with Crippen molar-refractivity contribution in [2.45, 2.75) is 90.4 Å². The second-order valence-electron chi connectivity index (χ2n) is 10.2. The summed E-state index contributed by atoms with van der Waals surface area (Å²) in [5.74, 6) is -0.0925. The van der Waals surface area contributed by atoms with E-state index in [1.807, 2.05) is 17.9 Å². The molecule has 5 rings (SSSR count). The van der Waals surface area contributed by atoms with Gasteiger partial charge in [-0.15, -0.1) is 11.3 Å². The molecule has 0 unspecified atom stereocenters. The van der Waals surface area contributed by atoms with Crippen LogP contribution in [0.5, 0.6) is 0 Å². The maximum Gasteiger partial charge on any atom is 0.271 e. The molecule has 2 aromatic heterocycles. The minimum Gasteiger partial charge on any atom is -0.351 e. The van der Waals surface area contributed by atoms with Crippen LogP contribution in [0.4, 0.5) is 0 Å². The quantitative estimate of drug-likeness (QED) is 0.470. The molecule has 6 heteroatoms. The van der Waals surface area contributed by atoms with Crippen LogP contribution >= 0.6 is 11.3 Å². The van der Waals surface area contributed by atoms with Gasteiger partial charge in [-0.25, -0.2) is 0 Å². The Bertz CT molecular complexity index is 1200. The molecule has 1 aliphatic carbocycles. The fourth-order valence-electron chi connectivity index (χ4n) is 5.45. The molecule has 1 atom stereocenters. The molecule has 1 aromatic carbocycles. The van der Waals surface area contributed by atoms with Gasteiger partial charge in [-0.3, -0.25) is 9.59 Å². The number of nitrogens with one attached hydrogen (secondary N) is 1. The predicted molar refractivity (Wildman–Crippen MR) is 138 cm³/mol. The standard InChI is InChI=1S/C28H35N3O2S/c1-4-22-15-23-25(34-22)16-24-26(32)31(17-20-13-11-19(2)12-14-20)28(3,18-30(23)24)27(33)29-21-9-7-5-6-8-10-21/h11-16,21H,4-10,17-18H2,1-3H3,(H,29,33)/t28-/m0/s1. The smallest absolute Gasteiger partial charge is 0.271 e. The van der Waals surface area contributed by atoms with E-state index < -0.39 is 5.54 Å². The van der Waals surface area contributed by atoms with E-state index in [1.165, 1.54) is 23.3 Å². The molecule has 2 aliphatic rings.